The van der Waals surface area contributed by atoms with Gasteiger partial charge in [-0.05, 0) is 44.9 Å². The van der Waals surface area contributed by atoms with Gasteiger partial charge >= 0.3 is 6.09 Å². The third kappa shape index (κ3) is 3.22. The Kier molecular flexibility index (Phi) is 3.90. The highest BCUT2D eigenvalue weighted by Gasteiger charge is 2.38. The molecule has 1 aromatic carbocycles. The number of carbonyl (C=O) groups excluding carboxylic acids is 1. The maximum atomic E-state index is 12.3. The molecule has 0 radical (unpaired) electrons. The third-order valence-electron chi connectivity index (χ3n) is 3.32. The number of ether oxygens (including phenoxy) is 1. The van der Waals surface area contributed by atoms with Crippen molar-refractivity contribution in [2.45, 2.75) is 44.9 Å². The van der Waals surface area contributed by atoms with Crippen molar-refractivity contribution < 1.29 is 9.53 Å². The minimum atomic E-state index is -0.510. The minimum Gasteiger partial charge on any atom is -0.444 e. The number of hydrogen-bond donors (Lipinski definition) is 2. The minimum absolute atomic E-state index is 0.0932. The molecule has 1 heterocycles. The molecule has 1 aliphatic rings. The van der Waals surface area contributed by atoms with Crippen LogP contribution in [0.5, 0.6) is 0 Å². The molecule has 4 N–H and O–H groups in total. The zero-order valence-corrected chi connectivity index (χ0v) is 12.3. The number of likely N-dealkylation sites (tertiary alicyclic amines) is 1. The van der Waals surface area contributed by atoms with E-state index in [9.17, 15) is 4.79 Å². The summed E-state index contributed by atoms with van der Waals surface area (Å²) in [5.41, 5.74) is 13.1. The van der Waals surface area contributed by atoms with Gasteiger partial charge in [-0.3, -0.25) is 4.90 Å². The van der Waals surface area contributed by atoms with E-state index in [1.54, 1.807) is 4.90 Å². The number of anilines is 1. The van der Waals surface area contributed by atoms with E-state index in [4.69, 9.17) is 16.2 Å². The van der Waals surface area contributed by atoms with Crippen LogP contribution in [0.15, 0.2) is 24.3 Å². The van der Waals surface area contributed by atoms with Gasteiger partial charge in [0.1, 0.15) is 5.60 Å². The van der Waals surface area contributed by atoms with Crippen molar-refractivity contribution in [3.05, 3.63) is 29.8 Å². The summed E-state index contributed by atoms with van der Waals surface area (Å²) in [5.74, 6) is 0. The lowest BCUT2D eigenvalue weighted by Crippen LogP contribution is -2.39. The summed E-state index contributed by atoms with van der Waals surface area (Å²) in [5, 5.41) is 0. The molecular formula is C15H23N3O2. The molecule has 20 heavy (non-hydrogen) atoms. The lowest BCUT2D eigenvalue weighted by Gasteiger charge is -2.30. The van der Waals surface area contributed by atoms with Crippen molar-refractivity contribution in [1.29, 1.82) is 0 Å². The summed E-state index contributed by atoms with van der Waals surface area (Å²) in [6.45, 7) is 6.18. The molecule has 5 nitrogen and oxygen atoms in total. The zero-order valence-electron chi connectivity index (χ0n) is 12.3. The molecule has 1 aliphatic heterocycles. The van der Waals surface area contributed by atoms with Crippen LogP contribution >= 0.6 is 0 Å². The zero-order chi connectivity index (χ0) is 14.9. The van der Waals surface area contributed by atoms with Crippen LogP contribution in [0.1, 0.15) is 38.8 Å². The van der Waals surface area contributed by atoms with E-state index in [2.05, 4.69) is 0 Å². The quantitative estimate of drug-likeness (QED) is 0.772. The molecule has 1 amide bonds. The molecule has 0 aromatic heterocycles. The Hall–Kier alpha value is -1.75. The molecule has 1 fully saturated rings. The van der Waals surface area contributed by atoms with Gasteiger partial charge in [-0.15, -0.1) is 0 Å². The smallest absolute Gasteiger partial charge is 0.410 e. The lowest BCUT2D eigenvalue weighted by molar-refractivity contribution is 0.0218. The van der Waals surface area contributed by atoms with Crippen LogP contribution < -0.4 is 11.5 Å². The molecule has 0 saturated carbocycles. The number of hydrogen-bond acceptors (Lipinski definition) is 4. The molecule has 0 unspecified atom stereocenters. The summed E-state index contributed by atoms with van der Waals surface area (Å²) >= 11 is 0. The fourth-order valence-corrected chi connectivity index (χ4v) is 2.51. The lowest BCUT2D eigenvalue weighted by atomic mass is 10.0. The predicted molar refractivity (Wildman–Crippen MR) is 79.1 cm³/mol. The Morgan fingerprint density at radius 2 is 2.10 bits per heavy atom. The Morgan fingerprint density at radius 1 is 1.40 bits per heavy atom. The maximum Gasteiger partial charge on any atom is 0.410 e. The van der Waals surface area contributed by atoms with E-state index in [-0.39, 0.29) is 18.2 Å². The van der Waals surface area contributed by atoms with Gasteiger partial charge in [0.05, 0.1) is 6.04 Å². The van der Waals surface area contributed by atoms with Gasteiger partial charge in [0.2, 0.25) is 0 Å². The fourth-order valence-electron chi connectivity index (χ4n) is 2.51. The van der Waals surface area contributed by atoms with Crippen LogP contribution in [-0.4, -0.2) is 29.2 Å². The summed E-state index contributed by atoms with van der Waals surface area (Å²) < 4.78 is 5.45. The highest BCUT2D eigenvalue weighted by atomic mass is 16.6. The third-order valence-corrected chi connectivity index (χ3v) is 3.32. The van der Waals surface area contributed by atoms with E-state index >= 15 is 0 Å². The molecule has 0 aliphatic carbocycles. The molecular weight excluding hydrogens is 254 g/mol. The van der Waals surface area contributed by atoms with Crippen LogP contribution in [0.25, 0.3) is 0 Å². The van der Waals surface area contributed by atoms with Gasteiger partial charge in [0.15, 0.2) is 0 Å². The normalized spacial score (nSPS) is 22.9. The Morgan fingerprint density at radius 3 is 2.70 bits per heavy atom. The number of benzene rings is 1. The Bertz CT molecular complexity index is 496. The van der Waals surface area contributed by atoms with E-state index in [1.807, 2.05) is 45.0 Å². The van der Waals surface area contributed by atoms with Crippen LogP contribution in [-0.2, 0) is 4.74 Å². The molecule has 1 saturated heterocycles. The average Bonchev–Trinajstić information content (AvgIpc) is 2.69. The van der Waals surface area contributed by atoms with E-state index in [1.165, 1.54) is 0 Å². The van der Waals surface area contributed by atoms with Gasteiger partial charge in [0.25, 0.3) is 0 Å². The number of rotatable bonds is 1. The SMILES string of the molecule is CC(C)(C)OC(=O)N1CC[C@@H](N)[C@H]1c1cccc(N)c1. The Labute approximate surface area is 119 Å². The molecule has 0 bridgehead atoms. The van der Waals surface area contributed by atoms with Crippen LogP contribution in [0.4, 0.5) is 10.5 Å². The van der Waals surface area contributed by atoms with Crippen molar-refractivity contribution in [2.75, 3.05) is 12.3 Å². The molecule has 110 valence electrons. The van der Waals surface area contributed by atoms with Gasteiger partial charge in [0, 0.05) is 18.3 Å². The maximum absolute atomic E-state index is 12.3. The second kappa shape index (κ2) is 5.32. The number of nitrogen functional groups attached to an aromatic ring is 1. The molecule has 0 spiro atoms. The highest BCUT2D eigenvalue weighted by Crippen LogP contribution is 2.33. The number of nitrogens with two attached hydrogens (primary N) is 2. The highest BCUT2D eigenvalue weighted by molar-refractivity contribution is 5.69. The van der Waals surface area contributed by atoms with Crippen molar-refractivity contribution >= 4 is 11.8 Å². The number of carbonyl (C=O) groups is 1. The molecule has 1 aromatic rings. The number of nitrogens with zero attached hydrogens (tertiary/aromatic N) is 1. The summed E-state index contributed by atoms with van der Waals surface area (Å²) in [4.78, 5) is 14.0. The van der Waals surface area contributed by atoms with Gasteiger partial charge < -0.3 is 16.2 Å². The monoisotopic (exact) mass is 277 g/mol. The van der Waals surface area contributed by atoms with E-state index < -0.39 is 5.60 Å². The van der Waals surface area contributed by atoms with Gasteiger partial charge in [-0.1, -0.05) is 12.1 Å². The predicted octanol–water partition coefficient (Wildman–Crippen LogP) is 2.28. The van der Waals surface area contributed by atoms with Crippen molar-refractivity contribution in [3.8, 4) is 0 Å². The summed E-state index contributed by atoms with van der Waals surface area (Å²) in [6.07, 6.45) is 0.441. The first-order valence-corrected chi connectivity index (χ1v) is 6.88. The van der Waals surface area contributed by atoms with E-state index in [0.717, 1.165) is 12.0 Å². The van der Waals surface area contributed by atoms with Crippen LogP contribution in [0.3, 0.4) is 0 Å². The molecule has 2 atom stereocenters. The average molecular weight is 277 g/mol. The number of amides is 1. The molecule has 2 rings (SSSR count). The largest absolute Gasteiger partial charge is 0.444 e. The summed E-state index contributed by atoms with van der Waals surface area (Å²) in [6, 6.07) is 7.25. The standard InChI is InChI=1S/C15H23N3O2/c1-15(2,3)20-14(19)18-8-7-12(17)13(18)10-5-4-6-11(16)9-10/h4-6,9,12-13H,7-8,16-17H2,1-3H3/t12-,13-/m1/s1. The van der Waals surface area contributed by atoms with Crippen LogP contribution in [0, 0.1) is 0 Å². The van der Waals surface area contributed by atoms with E-state index in [0.29, 0.717) is 12.2 Å². The van der Waals surface area contributed by atoms with Gasteiger partial charge in [-0.25, -0.2) is 4.79 Å². The Balaban J connectivity index is 2.23. The first-order chi connectivity index (χ1) is 9.28. The topological polar surface area (TPSA) is 81.6 Å². The fraction of sp³-hybridized carbons (Fsp3) is 0.533. The second-order valence-electron chi connectivity index (χ2n) is 6.24. The first-order valence-electron chi connectivity index (χ1n) is 6.88. The summed E-state index contributed by atoms with van der Waals surface area (Å²) in [7, 11) is 0. The van der Waals surface area contributed by atoms with Crippen LogP contribution in [0.2, 0.25) is 0 Å². The van der Waals surface area contributed by atoms with Crippen molar-refractivity contribution in [3.63, 3.8) is 0 Å². The van der Waals surface area contributed by atoms with Gasteiger partial charge in [-0.2, -0.15) is 0 Å². The first kappa shape index (κ1) is 14.7. The molecule has 5 heteroatoms. The van der Waals surface area contributed by atoms with Crippen molar-refractivity contribution in [1.82, 2.24) is 4.90 Å². The second-order valence-corrected chi connectivity index (χ2v) is 6.24. The van der Waals surface area contributed by atoms with Crippen molar-refractivity contribution in [2.24, 2.45) is 5.73 Å².